The van der Waals surface area contributed by atoms with Crippen LogP contribution in [0.3, 0.4) is 0 Å². The van der Waals surface area contributed by atoms with Gasteiger partial charge in [-0.2, -0.15) is 0 Å². The average molecular weight is 338 g/mol. The predicted octanol–water partition coefficient (Wildman–Crippen LogP) is 2.47. The van der Waals surface area contributed by atoms with Crippen molar-refractivity contribution in [3.05, 3.63) is 51.0 Å². The Balaban J connectivity index is 0.00000176. The van der Waals surface area contributed by atoms with E-state index in [0.29, 0.717) is 6.42 Å². The lowest BCUT2D eigenvalue weighted by atomic mass is 10.1. The Kier molecular flexibility index (Phi) is 5.21. The summed E-state index contributed by atoms with van der Waals surface area (Å²) in [6.45, 7) is 3.91. The van der Waals surface area contributed by atoms with E-state index in [0.717, 1.165) is 27.6 Å². The number of nitrogens with zero attached hydrogens (tertiary/aromatic N) is 1. The van der Waals surface area contributed by atoms with Crippen LogP contribution < -0.4 is 11.1 Å². The fraction of sp³-hybridized carbons (Fsp3) is 0.375. The lowest BCUT2D eigenvalue weighted by Gasteiger charge is -2.17. The summed E-state index contributed by atoms with van der Waals surface area (Å²) in [6.07, 6.45) is 1.20. The molecule has 1 heterocycles. The van der Waals surface area contributed by atoms with Gasteiger partial charge in [0.05, 0.1) is 29.2 Å². The first-order valence-corrected chi connectivity index (χ1v) is 7.92. The second-order valence-corrected chi connectivity index (χ2v) is 6.81. The van der Waals surface area contributed by atoms with Gasteiger partial charge in [0, 0.05) is 4.88 Å². The van der Waals surface area contributed by atoms with E-state index >= 15 is 0 Å². The van der Waals surface area contributed by atoms with Crippen LogP contribution in [0.1, 0.15) is 32.7 Å². The minimum Gasteiger partial charge on any atom is -0.351 e. The van der Waals surface area contributed by atoms with Crippen LogP contribution in [0.25, 0.3) is 0 Å². The third kappa shape index (κ3) is 3.32. The number of hydrogen-bond donors (Lipinski definition) is 2. The number of aromatic nitrogens is 1. The second kappa shape index (κ2) is 6.77. The van der Waals surface area contributed by atoms with E-state index in [1.54, 1.807) is 11.3 Å². The maximum Gasteiger partial charge on any atom is 0.225 e. The summed E-state index contributed by atoms with van der Waals surface area (Å²) in [7, 11) is 0. The standard InChI is InChI=1S/C16H19N3OS.ClH/c1-9-14(21-10(2)18-9)8-15(20)19-13-7-11-5-3-4-6-12(11)16(13)17;/h3-6,13,16H,7-8,17H2,1-2H3,(H,19,20);1H/t13-,16-;/m0./s1. The third-order valence-electron chi connectivity index (χ3n) is 3.95. The number of nitrogens with one attached hydrogen (secondary N) is 1. The second-order valence-electron chi connectivity index (χ2n) is 5.52. The number of thiazole rings is 1. The van der Waals surface area contributed by atoms with Crippen LogP contribution in [0.2, 0.25) is 0 Å². The predicted molar refractivity (Wildman–Crippen MR) is 91.5 cm³/mol. The van der Waals surface area contributed by atoms with E-state index in [2.05, 4.69) is 16.4 Å². The molecule has 2 aromatic rings. The molecule has 2 atom stereocenters. The summed E-state index contributed by atoms with van der Waals surface area (Å²) < 4.78 is 0. The molecule has 1 aromatic heterocycles. The van der Waals surface area contributed by atoms with Gasteiger partial charge in [-0.05, 0) is 31.4 Å². The molecule has 1 amide bonds. The summed E-state index contributed by atoms with van der Waals surface area (Å²) in [5.74, 6) is 0.0232. The number of fused-ring (bicyclic) bond motifs is 1. The summed E-state index contributed by atoms with van der Waals surface area (Å²) in [5.41, 5.74) is 9.57. The zero-order valence-corrected chi connectivity index (χ0v) is 14.3. The van der Waals surface area contributed by atoms with Crippen LogP contribution in [0.4, 0.5) is 0 Å². The number of nitrogens with two attached hydrogens (primary N) is 1. The van der Waals surface area contributed by atoms with E-state index in [4.69, 9.17) is 5.73 Å². The Morgan fingerprint density at radius 1 is 1.41 bits per heavy atom. The summed E-state index contributed by atoms with van der Waals surface area (Å²) in [6, 6.07) is 8.01. The Morgan fingerprint density at radius 3 is 2.77 bits per heavy atom. The highest BCUT2D eigenvalue weighted by Gasteiger charge is 2.30. The van der Waals surface area contributed by atoms with Crippen molar-refractivity contribution < 1.29 is 4.79 Å². The van der Waals surface area contributed by atoms with Gasteiger partial charge in [-0.15, -0.1) is 23.7 Å². The fourth-order valence-electron chi connectivity index (χ4n) is 2.91. The number of rotatable bonds is 3. The van der Waals surface area contributed by atoms with Gasteiger partial charge in [-0.3, -0.25) is 4.79 Å². The number of aryl methyl sites for hydroxylation is 2. The Bertz CT molecular complexity index is 686. The van der Waals surface area contributed by atoms with Crippen LogP contribution in [-0.4, -0.2) is 16.9 Å². The zero-order chi connectivity index (χ0) is 15.0. The third-order valence-corrected chi connectivity index (χ3v) is 5.03. The molecular weight excluding hydrogens is 318 g/mol. The highest BCUT2D eigenvalue weighted by atomic mass is 35.5. The maximum absolute atomic E-state index is 12.2. The Labute approximate surface area is 140 Å². The maximum atomic E-state index is 12.2. The largest absolute Gasteiger partial charge is 0.351 e. The molecule has 6 heteroatoms. The molecule has 22 heavy (non-hydrogen) atoms. The lowest BCUT2D eigenvalue weighted by molar-refractivity contribution is -0.121. The van der Waals surface area contributed by atoms with Crippen LogP contribution in [-0.2, 0) is 17.6 Å². The molecule has 0 saturated heterocycles. The molecule has 0 spiro atoms. The highest BCUT2D eigenvalue weighted by molar-refractivity contribution is 7.11. The van der Waals surface area contributed by atoms with Crippen molar-refractivity contribution in [3.63, 3.8) is 0 Å². The summed E-state index contributed by atoms with van der Waals surface area (Å²) in [4.78, 5) is 17.6. The molecule has 0 bridgehead atoms. The molecule has 1 aromatic carbocycles. The van der Waals surface area contributed by atoms with Gasteiger partial charge in [0.2, 0.25) is 5.91 Å². The molecule has 0 aliphatic heterocycles. The van der Waals surface area contributed by atoms with Crippen LogP contribution in [0, 0.1) is 13.8 Å². The number of amides is 1. The van der Waals surface area contributed by atoms with Gasteiger partial charge >= 0.3 is 0 Å². The Hall–Kier alpha value is -1.43. The Morgan fingerprint density at radius 2 is 2.14 bits per heavy atom. The van der Waals surface area contributed by atoms with Gasteiger partial charge in [0.15, 0.2) is 0 Å². The van der Waals surface area contributed by atoms with Crippen molar-refractivity contribution in [2.75, 3.05) is 0 Å². The van der Waals surface area contributed by atoms with Gasteiger partial charge in [0.25, 0.3) is 0 Å². The minimum atomic E-state index is -0.116. The molecular formula is C16H20ClN3OS. The van der Waals surface area contributed by atoms with Crippen molar-refractivity contribution >= 4 is 29.7 Å². The van der Waals surface area contributed by atoms with E-state index in [1.165, 1.54) is 5.56 Å². The normalized spacial score (nSPS) is 19.4. The SMILES string of the molecule is Cc1nc(C)c(CC(=O)N[C@H]2Cc3ccccc3[C@@H]2N)s1.Cl. The number of carbonyl (C=O) groups is 1. The van der Waals surface area contributed by atoms with E-state index in [9.17, 15) is 4.79 Å². The molecule has 0 fully saturated rings. The quantitative estimate of drug-likeness (QED) is 0.904. The summed E-state index contributed by atoms with van der Waals surface area (Å²) in [5, 5.41) is 4.08. The minimum absolute atomic E-state index is 0. The molecule has 1 aliphatic carbocycles. The van der Waals surface area contributed by atoms with Gasteiger partial charge in [-0.1, -0.05) is 24.3 Å². The van der Waals surface area contributed by atoms with Crippen molar-refractivity contribution in [2.45, 2.75) is 38.8 Å². The van der Waals surface area contributed by atoms with Crippen LogP contribution in [0.15, 0.2) is 24.3 Å². The molecule has 4 nitrogen and oxygen atoms in total. The zero-order valence-electron chi connectivity index (χ0n) is 12.6. The molecule has 0 unspecified atom stereocenters. The molecule has 0 saturated carbocycles. The van der Waals surface area contributed by atoms with Crippen molar-refractivity contribution in [2.24, 2.45) is 5.73 Å². The van der Waals surface area contributed by atoms with E-state index in [1.807, 2.05) is 32.0 Å². The number of benzene rings is 1. The number of hydrogen-bond acceptors (Lipinski definition) is 4. The molecule has 1 aliphatic rings. The molecule has 3 rings (SSSR count). The van der Waals surface area contributed by atoms with Gasteiger partial charge < -0.3 is 11.1 Å². The van der Waals surface area contributed by atoms with Crippen molar-refractivity contribution in [1.82, 2.24) is 10.3 Å². The number of carbonyl (C=O) groups excluding carboxylic acids is 1. The summed E-state index contributed by atoms with van der Waals surface area (Å²) >= 11 is 1.59. The topological polar surface area (TPSA) is 68.0 Å². The lowest BCUT2D eigenvalue weighted by Crippen LogP contribution is -2.41. The van der Waals surface area contributed by atoms with E-state index < -0.39 is 0 Å². The molecule has 3 N–H and O–H groups in total. The molecule has 118 valence electrons. The number of halogens is 1. The average Bonchev–Trinajstić information content (AvgIpc) is 2.91. The first-order valence-electron chi connectivity index (χ1n) is 7.10. The molecule has 0 radical (unpaired) electrons. The van der Waals surface area contributed by atoms with Crippen LogP contribution >= 0.6 is 23.7 Å². The van der Waals surface area contributed by atoms with E-state index in [-0.39, 0.29) is 30.4 Å². The van der Waals surface area contributed by atoms with Crippen molar-refractivity contribution in [3.8, 4) is 0 Å². The van der Waals surface area contributed by atoms with Crippen molar-refractivity contribution in [1.29, 1.82) is 0 Å². The van der Waals surface area contributed by atoms with Gasteiger partial charge in [-0.25, -0.2) is 4.98 Å². The monoisotopic (exact) mass is 337 g/mol. The first kappa shape index (κ1) is 16.9. The fourth-order valence-corrected chi connectivity index (χ4v) is 3.84. The van der Waals surface area contributed by atoms with Crippen LogP contribution in [0.5, 0.6) is 0 Å². The first-order chi connectivity index (χ1) is 10.0. The highest BCUT2D eigenvalue weighted by Crippen LogP contribution is 2.29. The smallest absolute Gasteiger partial charge is 0.225 e. The van der Waals surface area contributed by atoms with Gasteiger partial charge in [0.1, 0.15) is 0 Å².